The maximum Gasteiger partial charge on any atom is 0.192 e. The fourth-order valence-electron chi connectivity index (χ4n) is 4.98. The zero-order valence-electron chi connectivity index (χ0n) is 24.9. The molecule has 0 aliphatic heterocycles. The predicted molar refractivity (Wildman–Crippen MR) is 164 cm³/mol. The van der Waals surface area contributed by atoms with Gasteiger partial charge in [0.15, 0.2) is 8.32 Å². The summed E-state index contributed by atoms with van der Waals surface area (Å²) in [5.41, 5.74) is 15.3. The number of pyridine rings is 1. The number of hydrogen-bond donors (Lipinski definition) is 2. The van der Waals surface area contributed by atoms with E-state index in [9.17, 15) is 4.39 Å². The second kappa shape index (κ2) is 11.0. The Bertz CT molecular complexity index is 1450. The molecule has 4 nitrogen and oxygen atoms in total. The van der Waals surface area contributed by atoms with Gasteiger partial charge in [-0.1, -0.05) is 78.8 Å². The quantitative estimate of drug-likeness (QED) is 0.217. The van der Waals surface area contributed by atoms with Crippen LogP contribution < -0.4 is 5.73 Å². The fraction of sp³-hybridized carbons (Fsp3) is 0.424. The van der Waals surface area contributed by atoms with Crippen LogP contribution in [0.15, 0.2) is 54.7 Å². The van der Waals surface area contributed by atoms with Gasteiger partial charge in [-0.3, -0.25) is 4.98 Å². The lowest BCUT2D eigenvalue weighted by Gasteiger charge is -2.37. The Morgan fingerprint density at radius 2 is 1.56 bits per heavy atom. The Labute approximate surface area is 234 Å². The molecule has 0 bridgehead atoms. The van der Waals surface area contributed by atoms with Gasteiger partial charge < -0.3 is 15.1 Å². The molecule has 1 atom stereocenters. The first-order chi connectivity index (χ1) is 18.2. The van der Waals surface area contributed by atoms with E-state index in [1.54, 1.807) is 0 Å². The first-order valence-electron chi connectivity index (χ1n) is 14.0. The van der Waals surface area contributed by atoms with Gasteiger partial charge in [-0.05, 0) is 64.9 Å². The SMILES string of the molecule is CC(C)c1nc(C(C)C)c(C(N)c2c[nH]c3ccccc23)c(-c2ccc(F)cc2)c1CO[Si](C)(C)C(C)(C)C. The minimum atomic E-state index is -2.07. The number of para-hydroxylation sites is 1. The summed E-state index contributed by atoms with van der Waals surface area (Å²) >= 11 is 0. The van der Waals surface area contributed by atoms with Gasteiger partial charge in [-0.25, -0.2) is 4.39 Å². The van der Waals surface area contributed by atoms with Crippen molar-refractivity contribution in [2.24, 2.45) is 5.73 Å². The number of nitrogens with two attached hydrogens (primary N) is 1. The van der Waals surface area contributed by atoms with Gasteiger partial charge in [0, 0.05) is 39.6 Å². The summed E-state index contributed by atoms with van der Waals surface area (Å²) in [7, 11) is -2.07. The van der Waals surface area contributed by atoms with Crippen LogP contribution in [0.3, 0.4) is 0 Å². The summed E-state index contributed by atoms with van der Waals surface area (Å²) in [6, 6.07) is 14.6. The van der Waals surface area contributed by atoms with Crippen molar-refractivity contribution in [2.45, 2.75) is 91.1 Å². The first kappa shape index (κ1) is 29.2. The third-order valence-electron chi connectivity index (χ3n) is 8.27. The Kier molecular flexibility index (Phi) is 8.22. The molecular weight excluding hydrogens is 501 g/mol. The third kappa shape index (κ3) is 5.74. The number of halogens is 1. The van der Waals surface area contributed by atoms with Crippen LogP contribution in [0.5, 0.6) is 0 Å². The molecule has 0 aliphatic rings. The van der Waals surface area contributed by atoms with Crippen LogP contribution >= 0.6 is 0 Å². The summed E-state index contributed by atoms with van der Waals surface area (Å²) < 4.78 is 21.0. The second-order valence-corrected chi connectivity index (χ2v) is 17.6. The number of rotatable bonds is 8. The van der Waals surface area contributed by atoms with Crippen molar-refractivity contribution >= 4 is 19.2 Å². The smallest absolute Gasteiger partial charge is 0.192 e. The Morgan fingerprint density at radius 1 is 0.949 bits per heavy atom. The molecule has 0 radical (unpaired) electrons. The summed E-state index contributed by atoms with van der Waals surface area (Å²) in [5, 5.41) is 1.16. The molecule has 6 heteroatoms. The van der Waals surface area contributed by atoms with Crippen molar-refractivity contribution in [3.63, 3.8) is 0 Å². The molecule has 0 saturated carbocycles. The number of H-pyrrole nitrogens is 1. The van der Waals surface area contributed by atoms with Gasteiger partial charge in [0.1, 0.15) is 5.82 Å². The number of aromatic nitrogens is 2. The van der Waals surface area contributed by atoms with Gasteiger partial charge in [0.25, 0.3) is 0 Å². The highest BCUT2D eigenvalue weighted by atomic mass is 28.4. The molecule has 2 aromatic carbocycles. The standard InChI is InChI=1S/C33H44FN3OSi/c1-20(2)31-26(19-38-39(8,9)33(5,6)7)28(22-14-16-23(34)17-15-22)29(32(37-31)21(3)4)30(35)25-18-36-27-13-11-10-12-24(25)27/h10-18,20-21,30,36H,19,35H2,1-9H3. The van der Waals surface area contributed by atoms with Gasteiger partial charge >= 0.3 is 0 Å². The van der Waals surface area contributed by atoms with Crippen molar-refractivity contribution in [1.29, 1.82) is 0 Å². The molecule has 2 aromatic heterocycles. The van der Waals surface area contributed by atoms with Crippen LogP contribution in [0.25, 0.3) is 22.0 Å². The molecule has 0 spiro atoms. The number of nitrogens with zero attached hydrogens (tertiary/aromatic N) is 1. The minimum Gasteiger partial charge on any atom is -0.412 e. The van der Waals surface area contributed by atoms with Gasteiger partial charge in [-0.15, -0.1) is 0 Å². The molecule has 0 fully saturated rings. The number of fused-ring (bicyclic) bond motifs is 1. The highest BCUT2D eigenvalue weighted by Gasteiger charge is 2.38. The number of benzene rings is 2. The molecule has 4 rings (SSSR count). The molecule has 1 unspecified atom stereocenters. The summed E-state index contributed by atoms with van der Waals surface area (Å²) in [6.07, 6.45) is 2.01. The molecule has 39 heavy (non-hydrogen) atoms. The van der Waals surface area contributed by atoms with E-state index in [1.165, 1.54) is 12.1 Å². The zero-order valence-corrected chi connectivity index (χ0v) is 25.9. The highest BCUT2D eigenvalue weighted by Crippen LogP contribution is 2.44. The molecule has 0 saturated heterocycles. The van der Waals surface area contributed by atoms with E-state index < -0.39 is 14.4 Å². The lowest BCUT2D eigenvalue weighted by molar-refractivity contribution is 0.274. The van der Waals surface area contributed by atoms with Crippen molar-refractivity contribution in [2.75, 3.05) is 0 Å². The average Bonchev–Trinajstić information content (AvgIpc) is 3.30. The van der Waals surface area contributed by atoms with Crippen LogP contribution in [-0.2, 0) is 11.0 Å². The Hall–Kier alpha value is -2.80. The van der Waals surface area contributed by atoms with Crippen molar-refractivity contribution < 1.29 is 8.82 Å². The lowest BCUT2D eigenvalue weighted by Crippen LogP contribution is -2.40. The first-order valence-corrected chi connectivity index (χ1v) is 16.9. The van der Waals surface area contributed by atoms with Crippen LogP contribution in [0.1, 0.15) is 94.4 Å². The number of nitrogens with one attached hydrogen (secondary N) is 1. The van der Waals surface area contributed by atoms with Crippen LogP contribution in [-0.4, -0.2) is 18.3 Å². The summed E-state index contributed by atoms with van der Waals surface area (Å²) in [5.74, 6) is 0.0592. The fourth-order valence-corrected chi connectivity index (χ4v) is 5.92. The van der Waals surface area contributed by atoms with E-state index in [2.05, 4.69) is 78.7 Å². The molecule has 0 amide bonds. The normalized spacial score (nSPS) is 13.6. The molecular formula is C33H44FN3OSi. The second-order valence-electron chi connectivity index (χ2n) is 12.8. The van der Waals surface area contributed by atoms with Gasteiger partial charge in [0.05, 0.1) is 12.6 Å². The van der Waals surface area contributed by atoms with Crippen LogP contribution in [0.4, 0.5) is 4.39 Å². The lowest BCUT2D eigenvalue weighted by atomic mass is 9.83. The Balaban J connectivity index is 2.05. The van der Waals surface area contributed by atoms with Crippen LogP contribution in [0.2, 0.25) is 18.1 Å². The molecule has 0 aliphatic carbocycles. The summed E-state index contributed by atoms with van der Waals surface area (Å²) in [6.45, 7) is 20.4. The van der Waals surface area contributed by atoms with Crippen LogP contribution in [0, 0.1) is 5.82 Å². The van der Waals surface area contributed by atoms with E-state index in [-0.39, 0.29) is 22.7 Å². The van der Waals surface area contributed by atoms with E-state index in [4.69, 9.17) is 15.1 Å². The number of aromatic amines is 1. The third-order valence-corrected chi connectivity index (χ3v) is 12.8. The van der Waals surface area contributed by atoms with Gasteiger partial charge in [0.2, 0.25) is 0 Å². The predicted octanol–water partition coefficient (Wildman–Crippen LogP) is 9.19. The van der Waals surface area contributed by atoms with E-state index in [0.29, 0.717) is 6.61 Å². The van der Waals surface area contributed by atoms with Crippen molar-refractivity contribution in [3.8, 4) is 11.1 Å². The van der Waals surface area contributed by atoms with Crippen molar-refractivity contribution in [1.82, 2.24) is 9.97 Å². The molecule has 3 N–H and O–H groups in total. The van der Waals surface area contributed by atoms with Gasteiger partial charge in [-0.2, -0.15) is 0 Å². The average molecular weight is 546 g/mol. The summed E-state index contributed by atoms with van der Waals surface area (Å²) in [4.78, 5) is 8.71. The Morgan fingerprint density at radius 3 is 2.15 bits per heavy atom. The van der Waals surface area contributed by atoms with E-state index in [0.717, 1.165) is 50.1 Å². The van der Waals surface area contributed by atoms with E-state index in [1.807, 2.05) is 30.5 Å². The maximum absolute atomic E-state index is 14.2. The number of hydrogen-bond acceptors (Lipinski definition) is 3. The molecule has 208 valence electrons. The topological polar surface area (TPSA) is 63.9 Å². The highest BCUT2D eigenvalue weighted by molar-refractivity contribution is 6.74. The largest absolute Gasteiger partial charge is 0.412 e. The molecule has 4 aromatic rings. The maximum atomic E-state index is 14.2. The monoisotopic (exact) mass is 545 g/mol. The zero-order chi connectivity index (χ0) is 28.7. The van der Waals surface area contributed by atoms with E-state index >= 15 is 0 Å². The minimum absolute atomic E-state index is 0.0651. The van der Waals surface area contributed by atoms with Crippen molar-refractivity contribution in [3.05, 3.63) is 88.6 Å². The molecule has 2 heterocycles.